The third kappa shape index (κ3) is 3.47. The van der Waals surface area contributed by atoms with E-state index in [0.717, 1.165) is 47.1 Å². The highest BCUT2D eigenvalue weighted by Crippen LogP contribution is 2.38. The minimum absolute atomic E-state index is 0.551. The van der Waals surface area contributed by atoms with Crippen molar-refractivity contribution in [1.29, 1.82) is 0 Å². The van der Waals surface area contributed by atoms with Crippen LogP contribution in [0.3, 0.4) is 0 Å². The summed E-state index contributed by atoms with van der Waals surface area (Å²) in [6.45, 7) is 7.61. The number of nitrogens with zero attached hydrogens (tertiary/aromatic N) is 2. The van der Waals surface area contributed by atoms with Gasteiger partial charge >= 0.3 is 0 Å². The van der Waals surface area contributed by atoms with Crippen molar-refractivity contribution in [2.75, 3.05) is 11.9 Å². The van der Waals surface area contributed by atoms with Gasteiger partial charge in [-0.05, 0) is 54.0 Å². The Bertz CT molecular complexity index is 434. The maximum atomic E-state index is 4.78. The lowest BCUT2D eigenvalue weighted by Gasteiger charge is -2.15. The van der Waals surface area contributed by atoms with Gasteiger partial charge in [-0.25, -0.2) is 9.97 Å². The number of aryl methyl sites for hydroxylation is 1. The molecule has 1 heterocycles. The van der Waals surface area contributed by atoms with Crippen molar-refractivity contribution in [3.8, 4) is 0 Å². The van der Waals surface area contributed by atoms with E-state index in [1.54, 1.807) is 0 Å². The van der Waals surface area contributed by atoms with Crippen LogP contribution in [-0.4, -0.2) is 16.5 Å². The highest BCUT2D eigenvalue weighted by molar-refractivity contribution is 9.10. The number of aromatic nitrogens is 2. The number of rotatable bonds is 5. The molecule has 0 saturated heterocycles. The zero-order chi connectivity index (χ0) is 13.8. The summed E-state index contributed by atoms with van der Waals surface area (Å²) < 4.78 is 1.04. The van der Waals surface area contributed by atoms with Crippen molar-refractivity contribution in [2.24, 2.45) is 5.92 Å². The van der Waals surface area contributed by atoms with Crippen molar-refractivity contribution in [2.45, 2.75) is 58.8 Å². The molecule has 1 aliphatic rings. The van der Waals surface area contributed by atoms with E-state index in [-0.39, 0.29) is 0 Å². The number of hydrogen-bond acceptors (Lipinski definition) is 3. The third-order valence-corrected chi connectivity index (χ3v) is 4.71. The summed E-state index contributed by atoms with van der Waals surface area (Å²) in [5.41, 5.74) is 1.13. The SMILES string of the molecule is CCCNc1nc(C2CCC(C)C2)nc(CC)c1Br. The van der Waals surface area contributed by atoms with Crippen LogP contribution in [0, 0.1) is 5.92 Å². The predicted octanol–water partition coefficient (Wildman–Crippen LogP) is 4.53. The van der Waals surface area contributed by atoms with E-state index in [9.17, 15) is 0 Å². The molecule has 0 aromatic carbocycles. The molecular formula is C15H24BrN3. The monoisotopic (exact) mass is 325 g/mol. The second-order valence-electron chi connectivity index (χ2n) is 5.59. The topological polar surface area (TPSA) is 37.8 Å². The first-order chi connectivity index (χ1) is 9.15. The number of halogens is 1. The molecule has 1 N–H and O–H groups in total. The predicted molar refractivity (Wildman–Crippen MR) is 83.6 cm³/mol. The average molecular weight is 326 g/mol. The molecule has 0 radical (unpaired) electrons. The zero-order valence-corrected chi connectivity index (χ0v) is 13.8. The van der Waals surface area contributed by atoms with Crippen LogP contribution in [0.5, 0.6) is 0 Å². The number of anilines is 1. The van der Waals surface area contributed by atoms with E-state index in [4.69, 9.17) is 9.97 Å². The average Bonchev–Trinajstić information content (AvgIpc) is 2.84. The van der Waals surface area contributed by atoms with Gasteiger partial charge in [-0.2, -0.15) is 0 Å². The largest absolute Gasteiger partial charge is 0.369 e. The van der Waals surface area contributed by atoms with Gasteiger partial charge in [-0.3, -0.25) is 0 Å². The Balaban J connectivity index is 2.28. The molecule has 0 aliphatic heterocycles. The molecule has 1 aromatic rings. The standard InChI is InChI=1S/C15H24BrN3/c1-4-8-17-15-13(16)12(5-2)18-14(19-15)11-7-6-10(3)9-11/h10-11H,4-9H2,1-3H3,(H,17,18,19). The van der Waals surface area contributed by atoms with Gasteiger partial charge in [0.25, 0.3) is 0 Å². The first kappa shape index (κ1) is 14.8. The Morgan fingerprint density at radius 2 is 2.05 bits per heavy atom. The van der Waals surface area contributed by atoms with E-state index in [1.807, 2.05) is 0 Å². The Kier molecular flexibility index (Phi) is 5.20. The highest BCUT2D eigenvalue weighted by Gasteiger charge is 2.26. The van der Waals surface area contributed by atoms with Crippen LogP contribution >= 0.6 is 15.9 Å². The zero-order valence-electron chi connectivity index (χ0n) is 12.2. The molecule has 0 bridgehead atoms. The number of nitrogens with one attached hydrogen (secondary N) is 1. The summed E-state index contributed by atoms with van der Waals surface area (Å²) in [6.07, 6.45) is 5.83. The van der Waals surface area contributed by atoms with Gasteiger partial charge < -0.3 is 5.32 Å². The molecule has 1 aromatic heterocycles. The minimum atomic E-state index is 0.551. The van der Waals surface area contributed by atoms with Crippen LogP contribution in [0.2, 0.25) is 0 Å². The Hall–Kier alpha value is -0.640. The Labute approximate surface area is 124 Å². The highest BCUT2D eigenvalue weighted by atomic mass is 79.9. The second-order valence-corrected chi connectivity index (χ2v) is 6.38. The fourth-order valence-electron chi connectivity index (χ4n) is 2.73. The van der Waals surface area contributed by atoms with Crippen LogP contribution in [0.4, 0.5) is 5.82 Å². The first-order valence-corrected chi connectivity index (χ1v) is 8.25. The molecular weight excluding hydrogens is 302 g/mol. The summed E-state index contributed by atoms with van der Waals surface area (Å²) in [5.74, 6) is 3.39. The van der Waals surface area contributed by atoms with E-state index in [1.165, 1.54) is 19.3 Å². The first-order valence-electron chi connectivity index (χ1n) is 7.45. The smallest absolute Gasteiger partial charge is 0.144 e. The van der Waals surface area contributed by atoms with Crippen molar-refractivity contribution < 1.29 is 0 Å². The van der Waals surface area contributed by atoms with Gasteiger partial charge in [0.1, 0.15) is 11.6 Å². The maximum absolute atomic E-state index is 4.78. The lowest BCUT2D eigenvalue weighted by molar-refractivity contribution is 0.584. The lowest BCUT2D eigenvalue weighted by atomic mass is 10.1. The van der Waals surface area contributed by atoms with Crippen molar-refractivity contribution >= 4 is 21.7 Å². The van der Waals surface area contributed by atoms with Gasteiger partial charge in [-0.1, -0.05) is 20.8 Å². The molecule has 19 heavy (non-hydrogen) atoms. The fraction of sp³-hybridized carbons (Fsp3) is 0.733. The van der Waals surface area contributed by atoms with Crippen LogP contribution in [-0.2, 0) is 6.42 Å². The third-order valence-electron chi connectivity index (χ3n) is 3.87. The van der Waals surface area contributed by atoms with Crippen molar-refractivity contribution in [1.82, 2.24) is 9.97 Å². The molecule has 106 valence electrons. The van der Waals surface area contributed by atoms with Gasteiger partial charge in [0.2, 0.25) is 0 Å². The van der Waals surface area contributed by atoms with Crippen LogP contribution in [0.1, 0.15) is 63.9 Å². The van der Waals surface area contributed by atoms with E-state index >= 15 is 0 Å². The van der Waals surface area contributed by atoms with Crippen molar-refractivity contribution in [3.05, 3.63) is 16.0 Å². The van der Waals surface area contributed by atoms with Crippen molar-refractivity contribution in [3.63, 3.8) is 0 Å². The summed E-state index contributed by atoms with van der Waals surface area (Å²) >= 11 is 3.64. The van der Waals surface area contributed by atoms with Crippen LogP contribution in [0.15, 0.2) is 4.47 Å². The minimum Gasteiger partial charge on any atom is -0.369 e. The molecule has 1 aliphatic carbocycles. The molecule has 1 fully saturated rings. The van der Waals surface area contributed by atoms with Gasteiger partial charge in [0.15, 0.2) is 0 Å². The van der Waals surface area contributed by atoms with Gasteiger partial charge in [0.05, 0.1) is 10.2 Å². The van der Waals surface area contributed by atoms with Crippen LogP contribution < -0.4 is 5.32 Å². The number of hydrogen-bond donors (Lipinski definition) is 1. The summed E-state index contributed by atoms with van der Waals surface area (Å²) in [6, 6.07) is 0. The van der Waals surface area contributed by atoms with E-state index in [0.29, 0.717) is 5.92 Å². The fourth-order valence-corrected chi connectivity index (χ4v) is 3.33. The Morgan fingerprint density at radius 3 is 2.63 bits per heavy atom. The molecule has 4 heteroatoms. The summed E-state index contributed by atoms with van der Waals surface area (Å²) in [7, 11) is 0. The van der Waals surface area contributed by atoms with Crippen LogP contribution in [0.25, 0.3) is 0 Å². The van der Waals surface area contributed by atoms with E-state index < -0.39 is 0 Å². The maximum Gasteiger partial charge on any atom is 0.144 e. The molecule has 2 unspecified atom stereocenters. The molecule has 1 saturated carbocycles. The van der Waals surface area contributed by atoms with E-state index in [2.05, 4.69) is 42.0 Å². The Morgan fingerprint density at radius 1 is 1.26 bits per heavy atom. The quantitative estimate of drug-likeness (QED) is 0.864. The summed E-state index contributed by atoms with van der Waals surface area (Å²) in [5, 5.41) is 3.41. The summed E-state index contributed by atoms with van der Waals surface area (Å²) in [4.78, 5) is 9.54. The van der Waals surface area contributed by atoms with Gasteiger partial charge in [0, 0.05) is 12.5 Å². The molecule has 2 rings (SSSR count). The molecule has 0 spiro atoms. The molecule has 0 amide bonds. The normalized spacial score (nSPS) is 22.7. The van der Waals surface area contributed by atoms with Gasteiger partial charge in [-0.15, -0.1) is 0 Å². The molecule has 2 atom stereocenters. The lowest BCUT2D eigenvalue weighted by Crippen LogP contribution is -2.10. The molecule has 3 nitrogen and oxygen atoms in total. The second kappa shape index (κ2) is 6.69.